The van der Waals surface area contributed by atoms with E-state index in [0.29, 0.717) is 37.0 Å². The maximum atomic E-state index is 12.9. The molecule has 0 unspecified atom stereocenters. The first-order valence-electron chi connectivity index (χ1n) is 14.6. The van der Waals surface area contributed by atoms with Crippen LogP contribution in [-0.2, 0) is 9.53 Å². The Morgan fingerprint density at radius 2 is 1.60 bits per heavy atom. The number of aromatic nitrogens is 2. The van der Waals surface area contributed by atoms with Crippen molar-refractivity contribution in [3.8, 4) is 11.5 Å². The lowest BCUT2D eigenvalue weighted by Crippen LogP contribution is -2.40. The number of piperidine rings is 2. The fourth-order valence-corrected chi connectivity index (χ4v) is 5.43. The van der Waals surface area contributed by atoms with Crippen LogP contribution in [0.5, 0.6) is 11.5 Å². The number of carbonyl (C=O) groups is 2. The predicted molar refractivity (Wildman–Crippen MR) is 163 cm³/mol. The number of benzene rings is 2. The van der Waals surface area contributed by atoms with Gasteiger partial charge in [0, 0.05) is 36.1 Å². The molecule has 2 aliphatic heterocycles. The van der Waals surface area contributed by atoms with Crippen molar-refractivity contribution in [2.24, 2.45) is 0 Å². The molecular formula is C32H43N5O5. The summed E-state index contributed by atoms with van der Waals surface area (Å²) in [4.78, 5) is 33.4. The molecule has 42 heavy (non-hydrogen) atoms. The van der Waals surface area contributed by atoms with Gasteiger partial charge in [0.25, 0.3) is 6.47 Å². The summed E-state index contributed by atoms with van der Waals surface area (Å²) in [6.45, 7) is 9.44. The molecular weight excluding hydrogens is 534 g/mol. The number of urea groups is 1. The third-order valence-electron chi connectivity index (χ3n) is 7.71. The van der Waals surface area contributed by atoms with Crippen LogP contribution in [0.15, 0.2) is 42.7 Å². The van der Waals surface area contributed by atoms with Crippen LogP contribution in [0, 0.1) is 0 Å². The third kappa shape index (κ3) is 8.09. The first-order valence-corrected chi connectivity index (χ1v) is 14.6. The summed E-state index contributed by atoms with van der Waals surface area (Å²) >= 11 is 0. The van der Waals surface area contributed by atoms with Crippen LogP contribution in [0.25, 0.3) is 10.9 Å². The lowest BCUT2D eigenvalue weighted by atomic mass is 9.90. The molecule has 5 rings (SSSR count). The molecule has 10 nitrogen and oxygen atoms in total. The van der Waals surface area contributed by atoms with Gasteiger partial charge in [-0.25, -0.2) is 14.8 Å². The largest absolute Gasteiger partial charge is 0.493 e. The summed E-state index contributed by atoms with van der Waals surface area (Å²) in [7, 11) is 3.25. The first kappa shape index (κ1) is 31.0. The van der Waals surface area contributed by atoms with Gasteiger partial charge in [-0.2, -0.15) is 0 Å². The van der Waals surface area contributed by atoms with E-state index in [4.69, 9.17) is 9.47 Å². The van der Waals surface area contributed by atoms with Crippen molar-refractivity contribution in [1.29, 1.82) is 0 Å². The number of amides is 2. The van der Waals surface area contributed by atoms with Crippen LogP contribution < -0.4 is 20.1 Å². The SMILES string of the molecule is CC(C)(C)OC=O.COc1cc2ncnc(C3CCN(C(=O)Nc4ccc(C5CCNCC5)cc4)CC3)c2cc1OC. The smallest absolute Gasteiger partial charge is 0.321 e. The summed E-state index contributed by atoms with van der Waals surface area (Å²) in [5.74, 6) is 2.19. The zero-order chi connectivity index (χ0) is 30.1. The molecule has 2 fully saturated rings. The summed E-state index contributed by atoms with van der Waals surface area (Å²) in [5.41, 5.74) is 3.72. The Morgan fingerprint density at radius 1 is 0.952 bits per heavy atom. The van der Waals surface area contributed by atoms with E-state index in [-0.39, 0.29) is 17.6 Å². The van der Waals surface area contributed by atoms with Gasteiger partial charge in [0.05, 0.1) is 25.4 Å². The molecule has 0 atom stereocenters. The topological polar surface area (TPSA) is 115 Å². The Kier molecular flexibility index (Phi) is 10.6. The fourth-order valence-electron chi connectivity index (χ4n) is 5.43. The quantitative estimate of drug-likeness (QED) is 0.370. The number of hydrogen-bond donors (Lipinski definition) is 2. The standard InChI is InChI=1S/C27H33N5O3.C5H10O2/c1-34-24-15-22-23(16-25(24)35-2)29-17-30-26(22)20-9-13-32(14-10-20)27(33)31-21-5-3-18(4-6-21)19-7-11-28-12-8-19;1-5(2,3)7-4-6/h3-6,15-17,19-20,28H,7-14H2,1-2H3,(H,31,33);4H,1-3H3. The van der Waals surface area contributed by atoms with Gasteiger partial charge in [-0.05, 0) is 89.2 Å². The molecule has 2 N–H and O–H groups in total. The lowest BCUT2D eigenvalue weighted by Gasteiger charge is -2.32. The number of fused-ring (bicyclic) bond motifs is 1. The number of carbonyl (C=O) groups excluding carboxylic acids is 2. The number of ether oxygens (including phenoxy) is 3. The Labute approximate surface area is 248 Å². The summed E-state index contributed by atoms with van der Waals surface area (Å²) < 4.78 is 15.5. The van der Waals surface area contributed by atoms with E-state index in [1.807, 2.05) is 49.9 Å². The Bertz CT molecular complexity index is 1330. The van der Waals surface area contributed by atoms with Crippen molar-refractivity contribution in [3.63, 3.8) is 0 Å². The monoisotopic (exact) mass is 577 g/mol. The molecule has 0 aliphatic carbocycles. The molecule has 0 spiro atoms. The van der Waals surface area contributed by atoms with Gasteiger partial charge in [0.1, 0.15) is 11.9 Å². The predicted octanol–water partition coefficient (Wildman–Crippen LogP) is 5.48. The minimum absolute atomic E-state index is 0.0444. The van der Waals surface area contributed by atoms with Crippen molar-refractivity contribution in [2.75, 3.05) is 45.7 Å². The number of anilines is 1. The second-order valence-electron chi connectivity index (χ2n) is 11.6. The molecule has 2 amide bonds. The van der Waals surface area contributed by atoms with Crippen molar-refractivity contribution in [2.45, 2.75) is 63.9 Å². The van der Waals surface area contributed by atoms with E-state index >= 15 is 0 Å². The van der Waals surface area contributed by atoms with E-state index < -0.39 is 0 Å². The lowest BCUT2D eigenvalue weighted by molar-refractivity contribution is -0.138. The van der Waals surface area contributed by atoms with Gasteiger partial charge in [0.2, 0.25) is 0 Å². The van der Waals surface area contributed by atoms with Crippen LogP contribution in [0.2, 0.25) is 0 Å². The summed E-state index contributed by atoms with van der Waals surface area (Å²) in [6, 6.07) is 12.2. The zero-order valence-corrected chi connectivity index (χ0v) is 25.3. The van der Waals surface area contributed by atoms with Crippen LogP contribution in [0.4, 0.5) is 10.5 Å². The van der Waals surface area contributed by atoms with Gasteiger partial charge in [-0.1, -0.05) is 12.1 Å². The van der Waals surface area contributed by atoms with Gasteiger partial charge in [-0.15, -0.1) is 0 Å². The van der Waals surface area contributed by atoms with E-state index in [1.165, 1.54) is 18.4 Å². The van der Waals surface area contributed by atoms with Gasteiger partial charge in [0.15, 0.2) is 11.5 Å². The highest BCUT2D eigenvalue weighted by molar-refractivity contribution is 5.89. The van der Waals surface area contributed by atoms with E-state index in [9.17, 15) is 9.59 Å². The molecule has 3 aromatic rings. The molecule has 1 aromatic heterocycles. The molecule has 3 heterocycles. The minimum Gasteiger partial charge on any atom is -0.493 e. The molecule has 2 aliphatic rings. The highest BCUT2D eigenvalue weighted by Gasteiger charge is 2.27. The van der Waals surface area contributed by atoms with Crippen LogP contribution >= 0.6 is 0 Å². The third-order valence-corrected chi connectivity index (χ3v) is 7.71. The number of nitrogens with zero attached hydrogens (tertiary/aromatic N) is 3. The molecule has 0 bridgehead atoms. The maximum absolute atomic E-state index is 12.9. The summed E-state index contributed by atoms with van der Waals surface area (Å²) in [5, 5.41) is 7.46. The van der Waals surface area contributed by atoms with Crippen LogP contribution in [0.1, 0.15) is 69.5 Å². The molecule has 0 radical (unpaired) electrons. The maximum Gasteiger partial charge on any atom is 0.321 e. The second-order valence-corrected chi connectivity index (χ2v) is 11.6. The zero-order valence-electron chi connectivity index (χ0n) is 25.3. The number of hydrogen-bond acceptors (Lipinski definition) is 8. The Balaban J connectivity index is 0.000000517. The van der Waals surface area contributed by atoms with Gasteiger partial charge in [-0.3, -0.25) is 4.79 Å². The molecule has 2 aromatic carbocycles. The van der Waals surface area contributed by atoms with Crippen molar-refractivity contribution >= 4 is 29.1 Å². The van der Waals surface area contributed by atoms with Crippen molar-refractivity contribution in [1.82, 2.24) is 20.2 Å². The van der Waals surface area contributed by atoms with E-state index in [0.717, 1.165) is 48.2 Å². The van der Waals surface area contributed by atoms with E-state index in [1.54, 1.807) is 20.5 Å². The van der Waals surface area contributed by atoms with Crippen molar-refractivity contribution in [3.05, 3.63) is 54.0 Å². The van der Waals surface area contributed by atoms with Crippen LogP contribution in [-0.4, -0.2) is 73.4 Å². The first-order chi connectivity index (χ1) is 20.2. The molecule has 226 valence electrons. The number of nitrogens with one attached hydrogen (secondary N) is 2. The summed E-state index contributed by atoms with van der Waals surface area (Å²) in [6.07, 6.45) is 5.65. The normalized spacial score (nSPS) is 16.3. The van der Waals surface area contributed by atoms with Crippen LogP contribution in [0.3, 0.4) is 0 Å². The average molecular weight is 578 g/mol. The highest BCUT2D eigenvalue weighted by Crippen LogP contribution is 2.37. The second kappa shape index (κ2) is 14.3. The fraction of sp³-hybridized carbons (Fsp3) is 0.500. The number of rotatable bonds is 6. The van der Waals surface area contributed by atoms with Crippen molar-refractivity contribution < 1.29 is 23.8 Å². The van der Waals surface area contributed by atoms with Gasteiger partial charge >= 0.3 is 6.03 Å². The number of methoxy groups -OCH3 is 2. The molecule has 10 heteroatoms. The Morgan fingerprint density at radius 3 is 2.17 bits per heavy atom. The minimum atomic E-state index is -0.318. The average Bonchev–Trinajstić information content (AvgIpc) is 3.00. The number of likely N-dealkylation sites (tertiary alicyclic amines) is 1. The van der Waals surface area contributed by atoms with E-state index in [2.05, 4.69) is 37.5 Å². The highest BCUT2D eigenvalue weighted by atomic mass is 16.5. The molecule has 0 saturated carbocycles. The Hall–Kier alpha value is -3.92. The van der Waals surface area contributed by atoms with Gasteiger partial charge < -0.3 is 29.7 Å². The molecule has 2 saturated heterocycles.